The zero-order chi connectivity index (χ0) is 9.84. The summed E-state index contributed by atoms with van der Waals surface area (Å²) in [7, 11) is 1.87. The van der Waals surface area contributed by atoms with Crippen LogP contribution < -0.4 is 5.32 Å². The average molecular weight is 238 g/mol. The van der Waals surface area contributed by atoms with Crippen molar-refractivity contribution in [1.82, 2.24) is 5.32 Å². The molecule has 1 aromatic carbocycles. The third kappa shape index (κ3) is 2.33. The van der Waals surface area contributed by atoms with E-state index in [0.717, 1.165) is 10.0 Å². The molecule has 0 aromatic heterocycles. The molecule has 1 aromatic rings. The van der Waals surface area contributed by atoms with E-state index in [1.807, 2.05) is 13.1 Å². The van der Waals surface area contributed by atoms with Gasteiger partial charge in [0.25, 0.3) is 0 Å². The molecule has 0 aliphatic carbocycles. The lowest BCUT2D eigenvalue weighted by molar-refractivity contribution is 0.731. The van der Waals surface area contributed by atoms with Crippen molar-refractivity contribution in [2.75, 3.05) is 7.05 Å². The van der Waals surface area contributed by atoms with Crippen LogP contribution in [0.25, 0.3) is 0 Å². The summed E-state index contributed by atoms with van der Waals surface area (Å²) >= 11 is 3.43. The third-order valence-corrected chi connectivity index (χ3v) is 2.50. The van der Waals surface area contributed by atoms with Gasteiger partial charge in [-0.05, 0) is 37.2 Å². The van der Waals surface area contributed by atoms with Crippen LogP contribution in [-0.4, -0.2) is 7.05 Å². The van der Waals surface area contributed by atoms with E-state index in [1.165, 1.54) is 5.56 Å². The maximum Gasteiger partial charge on any atom is 0.0943 e. The molecule has 2 heteroatoms. The second-order valence-corrected chi connectivity index (χ2v) is 3.80. The summed E-state index contributed by atoms with van der Waals surface area (Å²) < 4.78 is 1.06. The van der Waals surface area contributed by atoms with Gasteiger partial charge < -0.3 is 5.32 Å². The highest BCUT2D eigenvalue weighted by Crippen LogP contribution is 2.21. The summed E-state index contributed by atoms with van der Waals surface area (Å²) in [5.41, 5.74) is 2.36. The topological polar surface area (TPSA) is 12.0 Å². The molecular weight excluding hydrogens is 226 g/mol. The molecule has 0 spiro atoms. The summed E-state index contributed by atoms with van der Waals surface area (Å²) in [4.78, 5) is 0. The summed E-state index contributed by atoms with van der Waals surface area (Å²) in [6, 6.07) is 6.12. The smallest absolute Gasteiger partial charge is 0.0943 e. The van der Waals surface area contributed by atoms with Crippen LogP contribution in [0, 0.1) is 19.3 Å². The fraction of sp³-hybridized carbons (Fsp3) is 0.273. The Balaban J connectivity index is 3.13. The molecule has 1 N–H and O–H groups in total. The molecule has 13 heavy (non-hydrogen) atoms. The highest BCUT2D eigenvalue weighted by atomic mass is 79.9. The molecule has 0 fully saturated rings. The number of nitrogens with one attached hydrogen (secondary N) is 1. The fourth-order valence-corrected chi connectivity index (χ4v) is 1.63. The first-order chi connectivity index (χ1) is 6.19. The van der Waals surface area contributed by atoms with Gasteiger partial charge in [0.2, 0.25) is 0 Å². The van der Waals surface area contributed by atoms with Crippen molar-refractivity contribution in [1.29, 1.82) is 0 Å². The van der Waals surface area contributed by atoms with E-state index in [4.69, 9.17) is 6.42 Å². The normalized spacial score (nSPS) is 12.2. The van der Waals surface area contributed by atoms with Crippen LogP contribution in [-0.2, 0) is 0 Å². The van der Waals surface area contributed by atoms with Gasteiger partial charge in [-0.25, -0.2) is 0 Å². The van der Waals surface area contributed by atoms with E-state index in [-0.39, 0.29) is 6.04 Å². The molecule has 68 valence electrons. The number of aryl methyl sites for hydroxylation is 1. The molecule has 1 nitrogen and oxygen atoms in total. The van der Waals surface area contributed by atoms with E-state index >= 15 is 0 Å². The molecule has 1 rings (SSSR count). The maximum absolute atomic E-state index is 5.41. The zero-order valence-electron chi connectivity index (χ0n) is 7.76. The van der Waals surface area contributed by atoms with Gasteiger partial charge in [-0.1, -0.05) is 27.9 Å². The highest BCUT2D eigenvalue weighted by molar-refractivity contribution is 9.10. The Morgan fingerprint density at radius 1 is 1.54 bits per heavy atom. The molecule has 0 bridgehead atoms. The van der Waals surface area contributed by atoms with Crippen LogP contribution >= 0.6 is 15.9 Å². The van der Waals surface area contributed by atoms with Crippen molar-refractivity contribution in [3.05, 3.63) is 33.8 Å². The van der Waals surface area contributed by atoms with Crippen LogP contribution in [0.5, 0.6) is 0 Å². The van der Waals surface area contributed by atoms with Crippen molar-refractivity contribution in [2.45, 2.75) is 13.0 Å². The van der Waals surface area contributed by atoms with E-state index in [2.05, 4.69) is 46.2 Å². The number of hydrogen-bond donors (Lipinski definition) is 1. The van der Waals surface area contributed by atoms with Gasteiger partial charge in [0.05, 0.1) is 6.04 Å². The first kappa shape index (κ1) is 10.3. The minimum absolute atomic E-state index is 0.00231. The number of benzene rings is 1. The molecule has 0 aliphatic rings. The fourth-order valence-electron chi connectivity index (χ4n) is 1.25. The van der Waals surface area contributed by atoms with E-state index in [0.29, 0.717) is 0 Å². The molecule has 1 unspecified atom stereocenters. The predicted octanol–water partition coefficient (Wildman–Crippen LogP) is 2.65. The molecule has 1 atom stereocenters. The summed E-state index contributed by atoms with van der Waals surface area (Å²) in [6.07, 6.45) is 5.41. The monoisotopic (exact) mass is 237 g/mol. The molecule has 0 heterocycles. The van der Waals surface area contributed by atoms with Gasteiger partial charge in [0.15, 0.2) is 0 Å². The number of halogens is 1. The molecule has 0 radical (unpaired) electrons. The van der Waals surface area contributed by atoms with E-state index in [9.17, 15) is 0 Å². The summed E-state index contributed by atoms with van der Waals surface area (Å²) in [6.45, 7) is 2.06. The minimum atomic E-state index is -0.00231. The molecular formula is C11H12BrN. The highest BCUT2D eigenvalue weighted by Gasteiger charge is 2.08. The quantitative estimate of drug-likeness (QED) is 0.781. The van der Waals surface area contributed by atoms with E-state index in [1.54, 1.807) is 0 Å². The number of rotatable bonds is 2. The van der Waals surface area contributed by atoms with Crippen LogP contribution in [0.2, 0.25) is 0 Å². The second kappa shape index (κ2) is 4.45. The van der Waals surface area contributed by atoms with Crippen LogP contribution in [0.1, 0.15) is 17.2 Å². The summed E-state index contributed by atoms with van der Waals surface area (Å²) in [5, 5.41) is 3.08. The Kier molecular flexibility index (Phi) is 3.53. The standard InChI is InChI=1S/C11H12BrN/c1-4-11(13-3)10-7-9(12)6-5-8(10)2/h1,5-7,11,13H,2-3H3. The Morgan fingerprint density at radius 2 is 2.23 bits per heavy atom. The lowest BCUT2D eigenvalue weighted by atomic mass is 10.0. The van der Waals surface area contributed by atoms with Crippen molar-refractivity contribution in [3.63, 3.8) is 0 Å². The van der Waals surface area contributed by atoms with E-state index < -0.39 is 0 Å². The number of hydrogen-bond acceptors (Lipinski definition) is 1. The van der Waals surface area contributed by atoms with Crippen molar-refractivity contribution in [2.24, 2.45) is 0 Å². The van der Waals surface area contributed by atoms with Gasteiger partial charge in [-0.2, -0.15) is 0 Å². The predicted molar refractivity (Wildman–Crippen MR) is 59.5 cm³/mol. The van der Waals surface area contributed by atoms with Gasteiger partial charge in [-0.15, -0.1) is 6.42 Å². The van der Waals surface area contributed by atoms with Gasteiger partial charge in [0.1, 0.15) is 0 Å². The van der Waals surface area contributed by atoms with Crippen LogP contribution in [0.4, 0.5) is 0 Å². The van der Waals surface area contributed by atoms with Gasteiger partial charge >= 0.3 is 0 Å². The van der Waals surface area contributed by atoms with Crippen LogP contribution in [0.15, 0.2) is 22.7 Å². The molecule has 0 saturated heterocycles. The third-order valence-electron chi connectivity index (χ3n) is 2.01. The zero-order valence-corrected chi connectivity index (χ0v) is 9.35. The Morgan fingerprint density at radius 3 is 2.77 bits per heavy atom. The lowest BCUT2D eigenvalue weighted by Crippen LogP contribution is -2.15. The molecule has 0 saturated carbocycles. The number of terminal acetylenes is 1. The largest absolute Gasteiger partial charge is 0.303 e. The lowest BCUT2D eigenvalue weighted by Gasteiger charge is -2.12. The van der Waals surface area contributed by atoms with Crippen molar-refractivity contribution >= 4 is 15.9 Å². The molecule has 0 amide bonds. The second-order valence-electron chi connectivity index (χ2n) is 2.89. The Bertz CT molecular complexity index is 338. The van der Waals surface area contributed by atoms with Gasteiger partial charge in [-0.3, -0.25) is 0 Å². The Labute approximate surface area is 87.7 Å². The Hall–Kier alpha value is -0.780. The average Bonchev–Trinajstić information content (AvgIpc) is 2.13. The minimum Gasteiger partial charge on any atom is -0.303 e. The molecule has 0 aliphatic heterocycles. The van der Waals surface area contributed by atoms with Crippen molar-refractivity contribution in [3.8, 4) is 12.3 Å². The first-order valence-electron chi connectivity index (χ1n) is 4.08. The van der Waals surface area contributed by atoms with Gasteiger partial charge in [0, 0.05) is 4.47 Å². The SMILES string of the molecule is C#CC(NC)c1cc(Br)ccc1C. The first-order valence-corrected chi connectivity index (χ1v) is 4.87. The van der Waals surface area contributed by atoms with Crippen LogP contribution in [0.3, 0.4) is 0 Å². The van der Waals surface area contributed by atoms with Crippen molar-refractivity contribution < 1.29 is 0 Å². The maximum atomic E-state index is 5.41. The summed E-state index contributed by atoms with van der Waals surface area (Å²) in [5.74, 6) is 2.70.